The fourth-order valence-corrected chi connectivity index (χ4v) is 2.51. The molecule has 0 radical (unpaired) electrons. The van der Waals surface area contributed by atoms with Crippen molar-refractivity contribution in [1.29, 1.82) is 0 Å². The van der Waals surface area contributed by atoms with Crippen LogP contribution in [0.1, 0.15) is 5.56 Å². The summed E-state index contributed by atoms with van der Waals surface area (Å²) in [6.45, 7) is 2.03. The zero-order valence-electron chi connectivity index (χ0n) is 11.7. The van der Waals surface area contributed by atoms with Gasteiger partial charge >= 0.3 is 0 Å². The van der Waals surface area contributed by atoms with Gasteiger partial charge in [-0.1, -0.05) is 11.6 Å². The van der Waals surface area contributed by atoms with Gasteiger partial charge in [-0.2, -0.15) is 0 Å². The number of aryl methyl sites for hydroxylation is 1. The molecule has 0 spiro atoms. The molecule has 0 aliphatic rings. The Balaban J connectivity index is 1.86. The molecule has 0 saturated heterocycles. The predicted molar refractivity (Wildman–Crippen MR) is 82.7 cm³/mol. The monoisotopic (exact) mass is 293 g/mol. The number of non-ortho nitro benzene ring substituents is 1. The Kier molecular flexibility index (Phi) is 2.53. The predicted octanol–water partition coefficient (Wildman–Crippen LogP) is 4.19. The molecule has 0 unspecified atom stereocenters. The molecule has 2 heterocycles. The number of benzene rings is 2. The Bertz CT molecular complexity index is 1030. The molecule has 1 N–H and O–H groups in total. The van der Waals surface area contributed by atoms with Gasteiger partial charge in [0.25, 0.3) is 5.69 Å². The number of nitro groups is 1. The molecule has 0 atom stereocenters. The molecule has 0 aliphatic heterocycles. The van der Waals surface area contributed by atoms with E-state index in [-0.39, 0.29) is 5.69 Å². The minimum absolute atomic E-state index is 0.000350. The average molecular weight is 293 g/mol. The molecule has 6 nitrogen and oxygen atoms in total. The Morgan fingerprint density at radius 3 is 2.86 bits per heavy atom. The molecule has 0 amide bonds. The maximum Gasteiger partial charge on any atom is 0.271 e. The summed E-state index contributed by atoms with van der Waals surface area (Å²) in [4.78, 5) is 18.0. The highest BCUT2D eigenvalue weighted by Gasteiger charge is 2.14. The lowest BCUT2D eigenvalue weighted by atomic mass is 10.2. The third-order valence-corrected chi connectivity index (χ3v) is 3.59. The first-order chi connectivity index (χ1) is 10.6. The number of oxazole rings is 1. The summed E-state index contributed by atoms with van der Waals surface area (Å²) in [6.07, 6.45) is 0. The maximum atomic E-state index is 10.8. The normalized spacial score (nSPS) is 11.3. The summed E-state index contributed by atoms with van der Waals surface area (Å²) in [5, 5.41) is 11.9. The molecule has 4 aromatic rings. The third-order valence-electron chi connectivity index (χ3n) is 3.59. The van der Waals surface area contributed by atoms with E-state index in [0.29, 0.717) is 17.0 Å². The third kappa shape index (κ3) is 1.93. The number of rotatable bonds is 2. The number of nitro benzene ring substituents is 1. The lowest BCUT2D eigenvalue weighted by Crippen LogP contribution is -1.86. The van der Waals surface area contributed by atoms with E-state index in [1.165, 1.54) is 17.7 Å². The van der Waals surface area contributed by atoms with E-state index in [1.807, 2.05) is 25.1 Å². The van der Waals surface area contributed by atoms with Gasteiger partial charge in [-0.05, 0) is 31.2 Å². The molecular formula is C16H11N3O3. The van der Waals surface area contributed by atoms with Gasteiger partial charge in [0, 0.05) is 23.0 Å². The topological polar surface area (TPSA) is 85.0 Å². The zero-order chi connectivity index (χ0) is 15.3. The van der Waals surface area contributed by atoms with Crippen LogP contribution >= 0.6 is 0 Å². The maximum absolute atomic E-state index is 10.8. The molecule has 2 aromatic carbocycles. The van der Waals surface area contributed by atoms with E-state index >= 15 is 0 Å². The summed E-state index contributed by atoms with van der Waals surface area (Å²) >= 11 is 0. The van der Waals surface area contributed by atoms with E-state index in [0.717, 1.165) is 16.6 Å². The average Bonchev–Trinajstić information content (AvgIpc) is 3.08. The van der Waals surface area contributed by atoms with Crippen LogP contribution in [0, 0.1) is 17.0 Å². The van der Waals surface area contributed by atoms with Gasteiger partial charge in [0.05, 0.1) is 4.92 Å². The van der Waals surface area contributed by atoms with Crippen LogP contribution in [0.3, 0.4) is 0 Å². The van der Waals surface area contributed by atoms with E-state index in [4.69, 9.17) is 4.42 Å². The zero-order valence-corrected chi connectivity index (χ0v) is 11.7. The van der Waals surface area contributed by atoms with Crippen LogP contribution in [0.15, 0.2) is 46.9 Å². The highest BCUT2D eigenvalue weighted by atomic mass is 16.6. The number of hydrogen-bond donors (Lipinski definition) is 1. The second-order valence-electron chi connectivity index (χ2n) is 5.20. The number of fused-ring (bicyclic) bond motifs is 2. The molecule has 0 bridgehead atoms. The van der Waals surface area contributed by atoms with Gasteiger partial charge in [0.1, 0.15) is 11.2 Å². The first-order valence-corrected chi connectivity index (χ1v) is 6.75. The quantitative estimate of drug-likeness (QED) is 0.443. The molecule has 0 fully saturated rings. The number of aromatic nitrogens is 2. The Hall–Kier alpha value is -3.15. The molecule has 22 heavy (non-hydrogen) atoms. The fourth-order valence-electron chi connectivity index (χ4n) is 2.51. The SMILES string of the molecule is Cc1ccc2[nH]c(-c3nc4cc([N+](=O)[O-])ccc4o3)cc2c1. The molecule has 6 heteroatoms. The molecular weight excluding hydrogens is 282 g/mol. The number of nitrogens with one attached hydrogen (secondary N) is 1. The standard InChI is InChI=1S/C16H11N3O3/c1-9-2-4-12-10(6-9)7-14(17-12)16-18-13-8-11(19(20)21)3-5-15(13)22-16/h2-8,17H,1H3. The minimum Gasteiger partial charge on any atom is -0.435 e. The summed E-state index contributed by atoms with van der Waals surface area (Å²) < 4.78 is 5.68. The van der Waals surface area contributed by atoms with Crippen LogP contribution in [0.25, 0.3) is 33.6 Å². The first kappa shape index (κ1) is 12.6. The highest BCUT2D eigenvalue weighted by Crippen LogP contribution is 2.28. The van der Waals surface area contributed by atoms with Crippen molar-refractivity contribution in [2.24, 2.45) is 0 Å². The molecule has 108 valence electrons. The van der Waals surface area contributed by atoms with Gasteiger partial charge in [-0.15, -0.1) is 0 Å². The van der Waals surface area contributed by atoms with E-state index in [2.05, 4.69) is 16.0 Å². The van der Waals surface area contributed by atoms with Crippen LogP contribution in [-0.2, 0) is 0 Å². The van der Waals surface area contributed by atoms with Crippen molar-refractivity contribution in [3.8, 4) is 11.6 Å². The van der Waals surface area contributed by atoms with Crippen molar-refractivity contribution >= 4 is 27.7 Å². The van der Waals surface area contributed by atoms with Gasteiger partial charge in [-0.3, -0.25) is 10.1 Å². The summed E-state index contributed by atoms with van der Waals surface area (Å²) in [6, 6.07) is 12.4. The number of hydrogen-bond acceptors (Lipinski definition) is 4. The Morgan fingerprint density at radius 2 is 2.05 bits per heavy atom. The van der Waals surface area contributed by atoms with E-state index < -0.39 is 4.92 Å². The number of nitrogens with zero attached hydrogens (tertiary/aromatic N) is 2. The molecule has 4 rings (SSSR count). The van der Waals surface area contributed by atoms with Gasteiger partial charge in [0.2, 0.25) is 5.89 Å². The van der Waals surface area contributed by atoms with E-state index in [1.54, 1.807) is 6.07 Å². The summed E-state index contributed by atoms with van der Waals surface area (Å²) in [5.74, 6) is 0.421. The van der Waals surface area contributed by atoms with Crippen LogP contribution in [0.5, 0.6) is 0 Å². The minimum atomic E-state index is -0.445. The molecule has 0 saturated carbocycles. The van der Waals surface area contributed by atoms with Gasteiger partial charge in [-0.25, -0.2) is 4.98 Å². The first-order valence-electron chi connectivity index (χ1n) is 6.75. The van der Waals surface area contributed by atoms with Crippen molar-refractivity contribution in [2.75, 3.05) is 0 Å². The van der Waals surface area contributed by atoms with Crippen LogP contribution < -0.4 is 0 Å². The van der Waals surface area contributed by atoms with Crippen LogP contribution in [-0.4, -0.2) is 14.9 Å². The highest BCUT2D eigenvalue weighted by molar-refractivity contribution is 5.86. The second-order valence-corrected chi connectivity index (χ2v) is 5.20. The fraction of sp³-hybridized carbons (Fsp3) is 0.0625. The summed E-state index contributed by atoms with van der Waals surface area (Å²) in [5.41, 5.74) is 3.91. The van der Waals surface area contributed by atoms with E-state index in [9.17, 15) is 10.1 Å². The van der Waals surface area contributed by atoms with Gasteiger partial charge < -0.3 is 9.40 Å². The number of H-pyrrole nitrogens is 1. The smallest absolute Gasteiger partial charge is 0.271 e. The van der Waals surface area contributed by atoms with Crippen molar-refractivity contribution in [3.63, 3.8) is 0 Å². The lowest BCUT2D eigenvalue weighted by molar-refractivity contribution is -0.384. The summed E-state index contributed by atoms with van der Waals surface area (Å²) in [7, 11) is 0. The van der Waals surface area contributed by atoms with Crippen molar-refractivity contribution < 1.29 is 9.34 Å². The Morgan fingerprint density at radius 1 is 1.18 bits per heavy atom. The Labute approximate surface area is 124 Å². The van der Waals surface area contributed by atoms with Crippen LogP contribution in [0.4, 0.5) is 5.69 Å². The van der Waals surface area contributed by atoms with Crippen LogP contribution in [0.2, 0.25) is 0 Å². The molecule has 2 aromatic heterocycles. The van der Waals surface area contributed by atoms with Gasteiger partial charge in [0.15, 0.2) is 5.58 Å². The lowest BCUT2D eigenvalue weighted by Gasteiger charge is -1.90. The number of aromatic amines is 1. The van der Waals surface area contributed by atoms with Crippen molar-refractivity contribution in [3.05, 3.63) is 58.1 Å². The van der Waals surface area contributed by atoms with Crippen molar-refractivity contribution in [1.82, 2.24) is 9.97 Å². The molecule has 0 aliphatic carbocycles. The van der Waals surface area contributed by atoms with Crippen molar-refractivity contribution in [2.45, 2.75) is 6.92 Å². The second kappa shape index (κ2) is 4.42. The largest absolute Gasteiger partial charge is 0.435 e.